The highest BCUT2D eigenvalue weighted by Crippen LogP contribution is 2.17. The number of nitrogens with one attached hydrogen (secondary N) is 1. The molecule has 0 fully saturated rings. The van der Waals surface area contributed by atoms with Crippen molar-refractivity contribution in [3.63, 3.8) is 0 Å². The van der Waals surface area contributed by atoms with Crippen molar-refractivity contribution in [1.82, 2.24) is 5.32 Å². The number of rotatable bonds is 9. The van der Waals surface area contributed by atoms with Crippen molar-refractivity contribution in [2.75, 3.05) is 19.6 Å². The summed E-state index contributed by atoms with van der Waals surface area (Å²) in [6.45, 7) is 2.33. The molecule has 0 heterocycles. The Morgan fingerprint density at radius 1 is 1.19 bits per heavy atom. The van der Waals surface area contributed by atoms with Crippen LogP contribution in [0.2, 0.25) is 0 Å². The summed E-state index contributed by atoms with van der Waals surface area (Å²) in [6.07, 6.45) is 0.876. The molecule has 16 heavy (non-hydrogen) atoms. The molecule has 0 bridgehead atoms. The number of halogens is 3. The molecule has 1 atom stereocenters. The predicted molar refractivity (Wildman–Crippen MR) is 60.2 cm³/mol. The molecule has 3 N–H and O–H groups in total. The molecule has 0 aliphatic rings. The van der Waals surface area contributed by atoms with E-state index in [0.717, 1.165) is 32.1 Å². The van der Waals surface area contributed by atoms with E-state index in [-0.39, 0.29) is 0 Å². The third-order valence-electron chi connectivity index (χ3n) is 2.56. The summed E-state index contributed by atoms with van der Waals surface area (Å²) in [4.78, 5) is 0. The van der Waals surface area contributed by atoms with Crippen molar-refractivity contribution in [3.8, 4) is 0 Å². The molecule has 0 aliphatic heterocycles. The Bertz CT molecular complexity index is 154. The molecule has 0 aromatic rings. The van der Waals surface area contributed by atoms with Crippen LogP contribution in [0.25, 0.3) is 0 Å². The van der Waals surface area contributed by atoms with E-state index >= 15 is 0 Å². The van der Waals surface area contributed by atoms with Crippen LogP contribution < -0.4 is 11.1 Å². The minimum absolute atomic E-state index is 0.435. The Hall–Kier alpha value is -0.290. The van der Waals surface area contributed by atoms with E-state index in [4.69, 9.17) is 5.73 Å². The molecule has 2 nitrogen and oxygen atoms in total. The maximum Gasteiger partial charge on any atom is 0.401 e. The third kappa shape index (κ3) is 10.2. The molecule has 5 heteroatoms. The monoisotopic (exact) mass is 240 g/mol. The van der Waals surface area contributed by atoms with Gasteiger partial charge in [-0.05, 0) is 38.3 Å². The molecule has 0 aliphatic carbocycles. The van der Waals surface area contributed by atoms with Crippen LogP contribution in [-0.4, -0.2) is 25.8 Å². The molecule has 98 valence electrons. The number of alkyl halides is 3. The fraction of sp³-hybridized carbons (Fsp3) is 1.00. The van der Waals surface area contributed by atoms with E-state index in [1.807, 2.05) is 0 Å². The van der Waals surface area contributed by atoms with Crippen LogP contribution in [0.3, 0.4) is 0 Å². The molecule has 0 saturated heterocycles. The normalized spacial score (nSPS) is 14.1. The van der Waals surface area contributed by atoms with Gasteiger partial charge in [0.15, 0.2) is 0 Å². The first-order chi connectivity index (χ1) is 7.49. The Morgan fingerprint density at radius 2 is 1.88 bits per heavy atom. The molecule has 1 unspecified atom stereocenters. The predicted octanol–water partition coefficient (Wildman–Crippen LogP) is 2.68. The molecule has 0 aromatic heterocycles. The number of nitrogens with two attached hydrogens (primary N) is 1. The van der Waals surface area contributed by atoms with Crippen LogP contribution in [0.4, 0.5) is 13.2 Å². The first-order valence-corrected chi connectivity index (χ1v) is 5.97. The summed E-state index contributed by atoms with van der Waals surface area (Å²) in [5.74, 6) is 0.572. The average Bonchev–Trinajstić information content (AvgIpc) is 2.16. The second kappa shape index (κ2) is 8.82. The van der Waals surface area contributed by atoms with Crippen LogP contribution >= 0.6 is 0 Å². The smallest absolute Gasteiger partial charge is 0.330 e. The Morgan fingerprint density at radius 3 is 2.38 bits per heavy atom. The molecule has 0 radical (unpaired) electrons. The van der Waals surface area contributed by atoms with Gasteiger partial charge in [-0.3, -0.25) is 0 Å². The minimum Gasteiger partial charge on any atom is -0.330 e. The van der Waals surface area contributed by atoms with Crippen LogP contribution in [-0.2, 0) is 0 Å². The van der Waals surface area contributed by atoms with Gasteiger partial charge in [0.2, 0.25) is 0 Å². The molecule has 0 amide bonds. The second-order valence-electron chi connectivity index (χ2n) is 4.17. The van der Waals surface area contributed by atoms with Crippen molar-refractivity contribution >= 4 is 0 Å². The van der Waals surface area contributed by atoms with Crippen molar-refractivity contribution in [3.05, 3.63) is 0 Å². The fourth-order valence-corrected chi connectivity index (χ4v) is 1.82. The van der Waals surface area contributed by atoms with Gasteiger partial charge in [0.05, 0.1) is 6.54 Å². The van der Waals surface area contributed by atoms with E-state index in [1.165, 1.54) is 0 Å². The molecule has 0 aromatic carbocycles. The SMILES string of the molecule is CCCC(CCN)CCCNCC(F)(F)F. The van der Waals surface area contributed by atoms with E-state index in [0.29, 0.717) is 19.0 Å². The van der Waals surface area contributed by atoms with Gasteiger partial charge in [-0.2, -0.15) is 13.2 Å². The largest absolute Gasteiger partial charge is 0.401 e. The van der Waals surface area contributed by atoms with E-state index in [9.17, 15) is 13.2 Å². The zero-order valence-electron chi connectivity index (χ0n) is 9.95. The molecular weight excluding hydrogens is 217 g/mol. The lowest BCUT2D eigenvalue weighted by atomic mass is 9.94. The molecule has 0 saturated carbocycles. The highest BCUT2D eigenvalue weighted by molar-refractivity contribution is 4.62. The van der Waals surface area contributed by atoms with Crippen molar-refractivity contribution < 1.29 is 13.2 Å². The van der Waals surface area contributed by atoms with Crippen molar-refractivity contribution in [2.24, 2.45) is 11.7 Å². The van der Waals surface area contributed by atoms with Crippen LogP contribution in [0.1, 0.15) is 39.0 Å². The zero-order valence-corrected chi connectivity index (χ0v) is 9.95. The summed E-state index contributed by atoms with van der Waals surface area (Å²) in [6, 6.07) is 0. The van der Waals surface area contributed by atoms with Gasteiger partial charge in [-0.15, -0.1) is 0 Å². The highest BCUT2D eigenvalue weighted by atomic mass is 19.4. The third-order valence-corrected chi connectivity index (χ3v) is 2.56. The maximum atomic E-state index is 11.8. The minimum atomic E-state index is -4.10. The summed E-state index contributed by atoms with van der Waals surface area (Å²) >= 11 is 0. The Labute approximate surface area is 95.8 Å². The summed E-state index contributed by atoms with van der Waals surface area (Å²) in [5, 5.41) is 2.41. The van der Waals surface area contributed by atoms with Gasteiger partial charge in [0.25, 0.3) is 0 Å². The fourth-order valence-electron chi connectivity index (χ4n) is 1.82. The van der Waals surface area contributed by atoms with E-state index in [2.05, 4.69) is 12.2 Å². The molecular formula is C11H23F3N2. The number of hydrogen-bond donors (Lipinski definition) is 2. The van der Waals surface area contributed by atoms with Crippen LogP contribution in [0.5, 0.6) is 0 Å². The number of hydrogen-bond acceptors (Lipinski definition) is 2. The van der Waals surface area contributed by atoms with Crippen LogP contribution in [0, 0.1) is 5.92 Å². The van der Waals surface area contributed by atoms with Gasteiger partial charge in [0.1, 0.15) is 0 Å². The second-order valence-corrected chi connectivity index (χ2v) is 4.17. The van der Waals surface area contributed by atoms with Gasteiger partial charge in [0, 0.05) is 0 Å². The Balaban J connectivity index is 3.46. The van der Waals surface area contributed by atoms with E-state index in [1.54, 1.807) is 0 Å². The topological polar surface area (TPSA) is 38.0 Å². The zero-order chi connectivity index (χ0) is 12.4. The highest BCUT2D eigenvalue weighted by Gasteiger charge is 2.25. The van der Waals surface area contributed by atoms with Crippen molar-refractivity contribution in [1.29, 1.82) is 0 Å². The summed E-state index contributed by atoms with van der Waals surface area (Å²) in [5.41, 5.74) is 5.48. The lowest BCUT2D eigenvalue weighted by molar-refractivity contribution is -0.124. The lowest BCUT2D eigenvalue weighted by Gasteiger charge is -2.15. The summed E-state index contributed by atoms with van der Waals surface area (Å²) < 4.78 is 35.4. The molecule has 0 rings (SSSR count). The van der Waals surface area contributed by atoms with Gasteiger partial charge in [-0.25, -0.2) is 0 Å². The van der Waals surface area contributed by atoms with Gasteiger partial charge in [-0.1, -0.05) is 19.8 Å². The van der Waals surface area contributed by atoms with Gasteiger partial charge < -0.3 is 11.1 Å². The summed E-state index contributed by atoms with van der Waals surface area (Å²) in [7, 11) is 0. The van der Waals surface area contributed by atoms with Crippen molar-refractivity contribution in [2.45, 2.75) is 45.2 Å². The standard InChI is InChI=1S/C11H23F3N2/c1-2-4-10(6-7-15)5-3-8-16-9-11(12,13)14/h10,16H,2-9,15H2,1H3. The quantitative estimate of drug-likeness (QED) is 0.608. The average molecular weight is 240 g/mol. The van der Waals surface area contributed by atoms with Crippen LogP contribution in [0.15, 0.2) is 0 Å². The Kier molecular flexibility index (Phi) is 8.66. The lowest BCUT2D eigenvalue weighted by Crippen LogP contribution is -2.29. The molecule has 0 spiro atoms. The first-order valence-electron chi connectivity index (χ1n) is 5.97. The van der Waals surface area contributed by atoms with E-state index < -0.39 is 12.7 Å². The maximum absolute atomic E-state index is 11.8. The first kappa shape index (κ1) is 15.7. The van der Waals surface area contributed by atoms with Gasteiger partial charge >= 0.3 is 6.18 Å².